The molecule has 34 heavy (non-hydrogen) atoms. The Morgan fingerprint density at radius 2 is 1.71 bits per heavy atom. The average molecular weight is 511 g/mol. The quantitative estimate of drug-likeness (QED) is 0.289. The number of benzene rings is 3. The molecule has 0 bridgehead atoms. The molecule has 3 aromatic carbocycles. The highest BCUT2D eigenvalue weighted by Gasteiger charge is 2.33. The highest BCUT2D eigenvalue weighted by atomic mass is 35.5. The SMILES string of the molecule is Cc1nc2cccc(C(F)(F)F)c2nc1-c1cc(Oc2cc(F)cc(S(C)(=O)=O)c2)ccc1Cl. The molecule has 0 fully saturated rings. The molecule has 1 aromatic heterocycles. The first-order chi connectivity index (χ1) is 15.8. The molecule has 4 aromatic rings. The Labute approximate surface area is 196 Å². The summed E-state index contributed by atoms with van der Waals surface area (Å²) in [6, 6.07) is 10.9. The first-order valence-corrected chi connectivity index (χ1v) is 11.9. The van der Waals surface area contributed by atoms with Gasteiger partial charge in [0, 0.05) is 17.9 Å². The Hall–Kier alpha value is -3.24. The molecule has 0 N–H and O–H groups in total. The number of hydrogen-bond donors (Lipinski definition) is 0. The van der Waals surface area contributed by atoms with Crippen molar-refractivity contribution in [2.24, 2.45) is 0 Å². The summed E-state index contributed by atoms with van der Waals surface area (Å²) in [4.78, 5) is 8.20. The zero-order valence-corrected chi connectivity index (χ0v) is 19.2. The number of nitrogens with zero attached hydrogens (tertiary/aromatic N) is 2. The third kappa shape index (κ3) is 4.83. The van der Waals surface area contributed by atoms with Crippen LogP contribution in [0.4, 0.5) is 17.6 Å². The van der Waals surface area contributed by atoms with Crippen molar-refractivity contribution in [2.75, 3.05) is 6.26 Å². The number of sulfone groups is 1. The van der Waals surface area contributed by atoms with Gasteiger partial charge in [-0.15, -0.1) is 0 Å². The summed E-state index contributed by atoms with van der Waals surface area (Å²) >= 11 is 6.31. The molecule has 4 rings (SSSR count). The smallest absolute Gasteiger partial charge is 0.418 e. The van der Waals surface area contributed by atoms with Crippen LogP contribution in [0, 0.1) is 12.7 Å². The minimum absolute atomic E-state index is 0.0765. The van der Waals surface area contributed by atoms with Gasteiger partial charge in [-0.2, -0.15) is 13.2 Å². The third-order valence-electron chi connectivity index (χ3n) is 4.88. The molecule has 0 aliphatic heterocycles. The van der Waals surface area contributed by atoms with Crippen LogP contribution >= 0.6 is 11.6 Å². The summed E-state index contributed by atoms with van der Waals surface area (Å²) in [5.41, 5.74) is -0.515. The van der Waals surface area contributed by atoms with Gasteiger partial charge in [0.1, 0.15) is 22.8 Å². The number of ether oxygens (including phenoxy) is 1. The molecule has 0 saturated heterocycles. The van der Waals surface area contributed by atoms with Crippen LogP contribution in [0.3, 0.4) is 0 Å². The van der Waals surface area contributed by atoms with E-state index in [1.165, 1.54) is 30.3 Å². The van der Waals surface area contributed by atoms with Gasteiger partial charge in [-0.1, -0.05) is 17.7 Å². The molecule has 0 saturated carbocycles. The van der Waals surface area contributed by atoms with Gasteiger partial charge in [-0.25, -0.2) is 22.8 Å². The van der Waals surface area contributed by atoms with Crippen molar-refractivity contribution in [2.45, 2.75) is 18.0 Å². The molecule has 0 aliphatic rings. The molecule has 1 heterocycles. The van der Waals surface area contributed by atoms with Crippen LogP contribution in [0.1, 0.15) is 11.3 Å². The maximum absolute atomic E-state index is 13.9. The predicted molar refractivity (Wildman–Crippen MR) is 119 cm³/mol. The fraction of sp³-hybridized carbons (Fsp3) is 0.130. The number of para-hydroxylation sites is 1. The Morgan fingerprint density at radius 3 is 2.38 bits per heavy atom. The van der Waals surface area contributed by atoms with Crippen molar-refractivity contribution < 1.29 is 30.7 Å². The van der Waals surface area contributed by atoms with E-state index in [-0.39, 0.29) is 43.7 Å². The minimum atomic E-state index is -4.63. The summed E-state index contributed by atoms with van der Waals surface area (Å²) in [7, 11) is -3.69. The number of halogens is 5. The maximum atomic E-state index is 13.9. The number of rotatable bonds is 4. The van der Waals surface area contributed by atoms with Crippen molar-refractivity contribution in [3.8, 4) is 22.8 Å². The fourth-order valence-corrected chi connectivity index (χ4v) is 4.21. The monoisotopic (exact) mass is 510 g/mol. The molecule has 5 nitrogen and oxygen atoms in total. The Bertz CT molecular complexity index is 1540. The standard InChI is InChI=1S/C23H15ClF4N2O3S/c1-12-21(30-22-18(23(26,27)28)4-3-5-20(22)29-12)17-11-14(6-7-19(17)24)33-15-8-13(25)9-16(10-15)34(2,31)32/h3-11H,1-2H3. The first-order valence-electron chi connectivity index (χ1n) is 9.66. The van der Waals surface area contributed by atoms with Crippen LogP contribution in [0.15, 0.2) is 59.5 Å². The number of fused-ring (bicyclic) bond motifs is 1. The van der Waals surface area contributed by atoms with Gasteiger partial charge < -0.3 is 4.74 Å². The molecule has 11 heteroatoms. The van der Waals surface area contributed by atoms with E-state index in [0.29, 0.717) is 5.69 Å². The van der Waals surface area contributed by atoms with Crippen LogP contribution < -0.4 is 4.74 Å². The van der Waals surface area contributed by atoms with Gasteiger partial charge in [-0.3, -0.25) is 0 Å². The second-order valence-electron chi connectivity index (χ2n) is 7.47. The zero-order chi connectivity index (χ0) is 24.8. The van der Waals surface area contributed by atoms with E-state index in [1.807, 2.05) is 0 Å². The normalized spacial score (nSPS) is 12.2. The van der Waals surface area contributed by atoms with E-state index in [9.17, 15) is 26.0 Å². The van der Waals surface area contributed by atoms with Crippen molar-refractivity contribution in [3.05, 3.63) is 76.7 Å². The van der Waals surface area contributed by atoms with E-state index in [0.717, 1.165) is 30.5 Å². The summed E-state index contributed by atoms with van der Waals surface area (Å²) in [5, 5.41) is 0.171. The lowest BCUT2D eigenvalue weighted by Gasteiger charge is -2.14. The maximum Gasteiger partial charge on any atom is 0.418 e. The summed E-state index contributed by atoms with van der Waals surface area (Å²) < 4.78 is 83.6. The molecular weight excluding hydrogens is 496 g/mol. The number of aryl methyl sites for hydroxylation is 1. The lowest BCUT2D eigenvalue weighted by Crippen LogP contribution is -2.08. The van der Waals surface area contributed by atoms with Crippen LogP contribution in [0.2, 0.25) is 5.02 Å². The predicted octanol–water partition coefficient (Wildman–Crippen LogP) is 6.61. The molecule has 0 unspecified atom stereocenters. The lowest BCUT2D eigenvalue weighted by molar-refractivity contribution is -0.136. The van der Waals surface area contributed by atoms with Gasteiger partial charge in [0.15, 0.2) is 9.84 Å². The Balaban J connectivity index is 1.82. The topological polar surface area (TPSA) is 69.2 Å². The molecule has 0 amide bonds. The largest absolute Gasteiger partial charge is 0.457 e. The molecule has 0 radical (unpaired) electrons. The van der Waals surface area contributed by atoms with Crippen LogP contribution in [-0.4, -0.2) is 24.6 Å². The van der Waals surface area contributed by atoms with Crippen molar-refractivity contribution >= 4 is 32.5 Å². The van der Waals surface area contributed by atoms with Crippen molar-refractivity contribution in [1.29, 1.82) is 0 Å². The molecule has 0 atom stereocenters. The van der Waals surface area contributed by atoms with Gasteiger partial charge in [0.2, 0.25) is 0 Å². The highest BCUT2D eigenvalue weighted by molar-refractivity contribution is 7.90. The molecule has 176 valence electrons. The van der Waals surface area contributed by atoms with Crippen molar-refractivity contribution in [3.63, 3.8) is 0 Å². The van der Waals surface area contributed by atoms with Crippen LogP contribution in [0.25, 0.3) is 22.3 Å². The fourth-order valence-electron chi connectivity index (χ4n) is 3.34. The second kappa shape index (κ2) is 8.52. The highest BCUT2D eigenvalue weighted by Crippen LogP contribution is 2.38. The van der Waals surface area contributed by atoms with Gasteiger partial charge in [0.25, 0.3) is 0 Å². The first kappa shape index (κ1) is 23.9. The van der Waals surface area contributed by atoms with E-state index in [1.54, 1.807) is 6.92 Å². The van der Waals surface area contributed by atoms with E-state index in [4.69, 9.17) is 16.3 Å². The van der Waals surface area contributed by atoms with Crippen LogP contribution in [0.5, 0.6) is 11.5 Å². The van der Waals surface area contributed by atoms with E-state index >= 15 is 0 Å². The average Bonchev–Trinajstić information content (AvgIpc) is 2.72. The molecule has 0 aliphatic carbocycles. The van der Waals surface area contributed by atoms with Crippen molar-refractivity contribution in [1.82, 2.24) is 9.97 Å². The van der Waals surface area contributed by atoms with Gasteiger partial charge in [-0.05, 0) is 49.4 Å². The number of aromatic nitrogens is 2. The lowest BCUT2D eigenvalue weighted by atomic mass is 10.1. The van der Waals surface area contributed by atoms with Gasteiger partial charge in [0.05, 0.1) is 32.4 Å². The summed E-state index contributed by atoms with van der Waals surface area (Å²) in [6.07, 6.45) is -3.70. The minimum Gasteiger partial charge on any atom is -0.457 e. The summed E-state index contributed by atoms with van der Waals surface area (Å²) in [6.45, 7) is 1.58. The third-order valence-corrected chi connectivity index (χ3v) is 6.30. The number of alkyl halides is 3. The zero-order valence-electron chi connectivity index (χ0n) is 17.6. The summed E-state index contributed by atoms with van der Waals surface area (Å²) in [5.74, 6) is -0.771. The second-order valence-corrected chi connectivity index (χ2v) is 9.89. The van der Waals surface area contributed by atoms with E-state index in [2.05, 4.69) is 9.97 Å². The molecular formula is C23H15ClF4N2O3S. The van der Waals surface area contributed by atoms with Gasteiger partial charge >= 0.3 is 6.18 Å². The van der Waals surface area contributed by atoms with Crippen LogP contribution in [-0.2, 0) is 16.0 Å². The van der Waals surface area contributed by atoms with E-state index < -0.39 is 27.4 Å². The Morgan fingerprint density at radius 1 is 0.971 bits per heavy atom. The molecule has 0 spiro atoms. The number of hydrogen-bond acceptors (Lipinski definition) is 5. The Kier molecular flexibility index (Phi) is 5.99.